The summed E-state index contributed by atoms with van der Waals surface area (Å²) in [5.74, 6) is -5.24. The van der Waals surface area contributed by atoms with Crippen molar-refractivity contribution in [3.05, 3.63) is 9.79 Å². The average molecular weight is 346 g/mol. The first kappa shape index (κ1) is 12.5. The van der Waals surface area contributed by atoms with Crippen LogP contribution >= 0.6 is 22.6 Å². The number of hydrogen-bond acceptors (Lipinski definition) is 3. The molecular weight excluding hydrogens is 345 g/mol. The van der Waals surface area contributed by atoms with Crippen molar-refractivity contribution in [2.75, 3.05) is 0 Å². The fourth-order valence-corrected chi connectivity index (χ4v) is 1.13. The van der Waals surface area contributed by atoms with Crippen LogP contribution in [-0.4, -0.2) is 22.5 Å². The lowest BCUT2D eigenvalue weighted by Crippen LogP contribution is -2.34. The molecule has 1 heterocycles. The maximum absolute atomic E-state index is 12.1. The van der Waals surface area contributed by atoms with Gasteiger partial charge in [-0.2, -0.15) is 26.3 Å². The van der Waals surface area contributed by atoms with Gasteiger partial charge >= 0.3 is 12.4 Å². The van der Waals surface area contributed by atoms with Crippen LogP contribution in [0.3, 0.4) is 0 Å². The van der Waals surface area contributed by atoms with Gasteiger partial charge in [-0.25, -0.2) is 0 Å². The summed E-state index contributed by atoms with van der Waals surface area (Å²) >= 11 is 1.32. The first-order valence-corrected chi connectivity index (χ1v) is 4.32. The van der Waals surface area contributed by atoms with Gasteiger partial charge in [-0.3, -0.25) is 0 Å². The fraction of sp³-hybridized carbons (Fsp3) is 0.600. The summed E-state index contributed by atoms with van der Waals surface area (Å²) in [5.41, 5.74) is 0. The van der Waals surface area contributed by atoms with Crippen molar-refractivity contribution in [2.24, 2.45) is 0 Å². The van der Waals surface area contributed by atoms with E-state index in [4.69, 9.17) is 0 Å². The first-order valence-electron chi connectivity index (χ1n) is 3.24. The van der Waals surface area contributed by atoms with Crippen LogP contribution in [0, 0.1) is 3.90 Å². The highest BCUT2D eigenvalue weighted by Gasteiger charge is 2.60. The second-order valence-corrected chi connectivity index (χ2v) is 3.33. The van der Waals surface area contributed by atoms with E-state index in [9.17, 15) is 26.3 Å². The maximum atomic E-state index is 12.1. The smallest absolute Gasteiger partial charge is 0.409 e. The van der Waals surface area contributed by atoms with E-state index in [1.54, 1.807) is 0 Å². The van der Waals surface area contributed by atoms with E-state index in [-0.39, 0.29) is 3.90 Å². The predicted molar refractivity (Wildman–Crippen MR) is 41.9 cm³/mol. The lowest BCUT2D eigenvalue weighted by molar-refractivity contribution is -0.258. The molecule has 0 radical (unpaired) electrons. The Kier molecular flexibility index (Phi) is 3.16. The molecule has 3 nitrogen and oxygen atoms in total. The maximum Gasteiger partial charge on any atom is 0.409 e. The summed E-state index contributed by atoms with van der Waals surface area (Å²) in [6.07, 6.45) is -11.0. The Morgan fingerprint density at radius 1 is 1.00 bits per heavy atom. The molecule has 0 N–H and O–H groups in total. The molecule has 0 aromatic carbocycles. The summed E-state index contributed by atoms with van der Waals surface area (Å²) < 4.78 is 76.1. The predicted octanol–water partition coefficient (Wildman–Crippen LogP) is 2.88. The highest BCUT2D eigenvalue weighted by Crippen LogP contribution is 2.45. The number of aromatic nitrogens is 2. The third-order valence-corrected chi connectivity index (χ3v) is 1.75. The van der Waals surface area contributed by atoms with Crippen LogP contribution in [0.25, 0.3) is 0 Å². The molecule has 0 aliphatic carbocycles. The van der Waals surface area contributed by atoms with Gasteiger partial charge in [0.15, 0.2) is 0 Å². The average Bonchev–Trinajstić information content (AvgIpc) is 2.28. The third kappa shape index (κ3) is 2.95. The van der Waals surface area contributed by atoms with Crippen molar-refractivity contribution >= 4 is 22.6 Å². The molecule has 0 aliphatic heterocycles. The highest BCUT2D eigenvalue weighted by atomic mass is 127. The largest absolute Gasteiger partial charge is 0.415 e. The Hall–Kier alpha value is -0.550. The minimum Gasteiger partial charge on any atom is -0.415 e. The standard InChI is InChI=1S/C5HF6IN2O/c6-4(7,8)1(5(9,10)11)2-13-14-3(12)15-2/h1H. The summed E-state index contributed by atoms with van der Waals surface area (Å²) in [7, 11) is 0. The van der Waals surface area contributed by atoms with Crippen LogP contribution in [0.4, 0.5) is 26.3 Å². The summed E-state index contributed by atoms with van der Waals surface area (Å²) in [5, 5.41) is 5.62. The highest BCUT2D eigenvalue weighted by molar-refractivity contribution is 14.1. The van der Waals surface area contributed by atoms with Crippen molar-refractivity contribution in [3.8, 4) is 0 Å². The van der Waals surface area contributed by atoms with Gasteiger partial charge in [-0.15, -0.1) is 10.2 Å². The minimum atomic E-state index is -5.51. The molecule has 0 amide bonds. The van der Waals surface area contributed by atoms with Crippen molar-refractivity contribution in [1.29, 1.82) is 0 Å². The van der Waals surface area contributed by atoms with Crippen molar-refractivity contribution < 1.29 is 30.8 Å². The van der Waals surface area contributed by atoms with Crippen molar-refractivity contribution in [3.63, 3.8) is 0 Å². The van der Waals surface area contributed by atoms with Crippen molar-refractivity contribution in [1.82, 2.24) is 10.2 Å². The monoisotopic (exact) mass is 346 g/mol. The summed E-state index contributed by atoms with van der Waals surface area (Å²) in [6, 6.07) is 0. The molecule has 1 aromatic heterocycles. The zero-order chi connectivity index (χ0) is 11.9. The van der Waals surface area contributed by atoms with Gasteiger partial charge < -0.3 is 4.42 Å². The molecule has 0 unspecified atom stereocenters. The van der Waals surface area contributed by atoms with Gasteiger partial charge in [0.25, 0.3) is 3.90 Å². The second kappa shape index (κ2) is 3.79. The normalized spacial score (nSPS) is 13.6. The molecule has 86 valence electrons. The van der Waals surface area contributed by atoms with Crippen LogP contribution in [0.2, 0.25) is 0 Å². The summed E-state index contributed by atoms with van der Waals surface area (Å²) in [4.78, 5) is 0. The first-order chi connectivity index (χ1) is 6.62. The SMILES string of the molecule is FC(F)(F)C(c1nnc(I)o1)C(F)(F)F. The van der Waals surface area contributed by atoms with E-state index >= 15 is 0 Å². The Balaban J connectivity index is 3.14. The molecule has 15 heavy (non-hydrogen) atoms. The van der Waals surface area contributed by atoms with Crippen LogP contribution in [0.1, 0.15) is 11.8 Å². The molecular formula is C5HF6IN2O. The van der Waals surface area contributed by atoms with Crippen LogP contribution in [-0.2, 0) is 0 Å². The Morgan fingerprint density at radius 3 is 1.73 bits per heavy atom. The number of hydrogen-bond donors (Lipinski definition) is 0. The second-order valence-electron chi connectivity index (χ2n) is 2.41. The topological polar surface area (TPSA) is 38.9 Å². The van der Waals surface area contributed by atoms with E-state index in [0.29, 0.717) is 0 Å². The summed E-state index contributed by atoms with van der Waals surface area (Å²) in [6.45, 7) is 0. The van der Waals surface area contributed by atoms with Gasteiger partial charge in [0.1, 0.15) is 0 Å². The molecule has 0 saturated carbocycles. The lowest BCUT2D eigenvalue weighted by Gasteiger charge is -2.19. The minimum absolute atomic E-state index is 0.388. The van der Waals surface area contributed by atoms with E-state index in [1.165, 1.54) is 22.6 Å². The Morgan fingerprint density at radius 2 is 1.47 bits per heavy atom. The molecule has 0 spiro atoms. The van der Waals surface area contributed by atoms with E-state index in [2.05, 4.69) is 14.6 Å². The third-order valence-electron chi connectivity index (χ3n) is 1.32. The van der Waals surface area contributed by atoms with Crippen LogP contribution in [0.15, 0.2) is 4.42 Å². The number of rotatable bonds is 1. The molecule has 0 saturated heterocycles. The quantitative estimate of drug-likeness (QED) is 0.580. The number of nitrogens with zero attached hydrogens (tertiary/aromatic N) is 2. The van der Waals surface area contributed by atoms with Crippen molar-refractivity contribution in [2.45, 2.75) is 18.3 Å². The molecule has 0 fully saturated rings. The van der Waals surface area contributed by atoms with Gasteiger partial charge in [0.05, 0.1) is 0 Å². The molecule has 0 bridgehead atoms. The lowest BCUT2D eigenvalue weighted by atomic mass is 10.1. The molecule has 0 aliphatic rings. The van der Waals surface area contributed by atoms with E-state index in [0.717, 1.165) is 0 Å². The number of halogens is 7. The van der Waals surface area contributed by atoms with Gasteiger partial charge in [0.2, 0.25) is 11.8 Å². The fourth-order valence-electron chi connectivity index (χ4n) is 0.798. The molecule has 10 heteroatoms. The van der Waals surface area contributed by atoms with Crippen LogP contribution < -0.4 is 0 Å². The van der Waals surface area contributed by atoms with Gasteiger partial charge in [-0.1, -0.05) is 0 Å². The Labute approximate surface area is 92.0 Å². The molecule has 1 aromatic rings. The Bertz CT molecular complexity index is 330. The van der Waals surface area contributed by atoms with E-state index in [1.807, 2.05) is 0 Å². The zero-order valence-corrected chi connectivity index (χ0v) is 8.68. The van der Waals surface area contributed by atoms with Crippen LogP contribution in [0.5, 0.6) is 0 Å². The van der Waals surface area contributed by atoms with E-state index < -0.39 is 24.2 Å². The zero-order valence-electron chi connectivity index (χ0n) is 6.53. The number of alkyl halides is 6. The van der Waals surface area contributed by atoms with Gasteiger partial charge in [0, 0.05) is 22.6 Å². The molecule has 0 atom stereocenters. The van der Waals surface area contributed by atoms with Gasteiger partial charge in [-0.05, 0) is 0 Å². The molecule has 1 rings (SSSR count).